The van der Waals surface area contributed by atoms with Crippen molar-refractivity contribution in [3.8, 4) is 0 Å². The molecular formula is C24H31N5O4. The van der Waals surface area contributed by atoms with Gasteiger partial charge in [-0.3, -0.25) is 29.8 Å². The van der Waals surface area contributed by atoms with Crippen LogP contribution >= 0.6 is 0 Å². The zero-order chi connectivity index (χ0) is 23.0. The SMILES string of the molecule is O=C1CCC(N2Cc3c(CNC4(C(=O)N5CCNCC5)CCCC4)cccc3C2=O)C(=O)N1. The van der Waals surface area contributed by atoms with Crippen molar-refractivity contribution in [2.75, 3.05) is 26.2 Å². The molecule has 4 aliphatic rings. The van der Waals surface area contributed by atoms with Gasteiger partial charge in [0.25, 0.3) is 5.91 Å². The second-order valence-electron chi connectivity index (χ2n) is 9.53. The van der Waals surface area contributed by atoms with E-state index in [1.54, 1.807) is 11.0 Å². The molecule has 1 aliphatic carbocycles. The molecule has 0 bridgehead atoms. The van der Waals surface area contributed by atoms with Gasteiger partial charge in [-0.15, -0.1) is 0 Å². The highest BCUT2D eigenvalue weighted by atomic mass is 16.2. The van der Waals surface area contributed by atoms with E-state index >= 15 is 0 Å². The van der Waals surface area contributed by atoms with Crippen LogP contribution < -0.4 is 16.0 Å². The zero-order valence-corrected chi connectivity index (χ0v) is 18.8. The average molecular weight is 454 g/mol. The first-order chi connectivity index (χ1) is 16.0. The monoisotopic (exact) mass is 453 g/mol. The lowest BCUT2D eigenvalue weighted by atomic mass is 9.93. The number of imide groups is 1. The second kappa shape index (κ2) is 8.87. The fourth-order valence-corrected chi connectivity index (χ4v) is 5.70. The molecule has 5 rings (SSSR count). The van der Waals surface area contributed by atoms with Gasteiger partial charge < -0.3 is 15.1 Å². The summed E-state index contributed by atoms with van der Waals surface area (Å²) in [5, 5.41) is 9.25. The number of hydrogen-bond donors (Lipinski definition) is 3. The van der Waals surface area contributed by atoms with E-state index in [4.69, 9.17) is 0 Å². The summed E-state index contributed by atoms with van der Waals surface area (Å²) >= 11 is 0. The molecule has 1 aromatic carbocycles. The van der Waals surface area contributed by atoms with Crippen molar-refractivity contribution >= 4 is 23.6 Å². The molecule has 176 valence electrons. The normalized spacial score (nSPS) is 24.7. The molecule has 4 amide bonds. The van der Waals surface area contributed by atoms with Crippen LogP contribution in [0.15, 0.2) is 18.2 Å². The summed E-state index contributed by atoms with van der Waals surface area (Å²) in [4.78, 5) is 54.0. The van der Waals surface area contributed by atoms with Crippen LogP contribution in [0.4, 0.5) is 0 Å². The largest absolute Gasteiger partial charge is 0.339 e. The van der Waals surface area contributed by atoms with Crippen molar-refractivity contribution < 1.29 is 19.2 Å². The molecule has 33 heavy (non-hydrogen) atoms. The van der Waals surface area contributed by atoms with Crippen molar-refractivity contribution in [1.82, 2.24) is 25.8 Å². The van der Waals surface area contributed by atoms with E-state index in [1.807, 2.05) is 17.0 Å². The Bertz CT molecular complexity index is 981. The number of piperidine rings is 1. The minimum atomic E-state index is -0.626. The topological polar surface area (TPSA) is 111 Å². The van der Waals surface area contributed by atoms with Crippen LogP contribution in [-0.2, 0) is 27.5 Å². The van der Waals surface area contributed by atoms with E-state index in [-0.39, 0.29) is 24.1 Å². The Hall–Kier alpha value is -2.78. The Morgan fingerprint density at radius 2 is 1.88 bits per heavy atom. The molecule has 0 radical (unpaired) electrons. The van der Waals surface area contributed by atoms with Crippen LogP contribution in [-0.4, -0.2) is 71.2 Å². The summed E-state index contributed by atoms with van der Waals surface area (Å²) in [5.41, 5.74) is 1.94. The predicted octanol–water partition coefficient (Wildman–Crippen LogP) is 0.282. The van der Waals surface area contributed by atoms with Crippen molar-refractivity contribution in [3.63, 3.8) is 0 Å². The van der Waals surface area contributed by atoms with Gasteiger partial charge in [0.15, 0.2) is 0 Å². The zero-order valence-electron chi connectivity index (χ0n) is 18.8. The summed E-state index contributed by atoms with van der Waals surface area (Å²) in [7, 11) is 0. The van der Waals surface area contributed by atoms with Crippen molar-refractivity contribution in [2.24, 2.45) is 0 Å². The summed E-state index contributed by atoms with van der Waals surface area (Å²) in [5.74, 6) is -0.677. The number of carbonyl (C=O) groups is 4. The Balaban J connectivity index is 1.33. The van der Waals surface area contributed by atoms with E-state index in [2.05, 4.69) is 16.0 Å². The van der Waals surface area contributed by atoms with Crippen LogP contribution in [0.25, 0.3) is 0 Å². The van der Waals surface area contributed by atoms with E-state index in [0.717, 1.165) is 63.0 Å². The third-order valence-electron chi connectivity index (χ3n) is 7.57. The molecule has 0 aromatic heterocycles. The van der Waals surface area contributed by atoms with E-state index in [1.165, 1.54) is 0 Å². The number of rotatable bonds is 5. The minimum absolute atomic E-state index is 0.172. The number of benzene rings is 1. The molecule has 3 fully saturated rings. The highest BCUT2D eigenvalue weighted by Gasteiger charge is 2.44. The molecule has 1 unspecified atom stereocenters. The van der Waals surface area contributed by atoms with Crippen LogP contribution in [0.2, 0.25) is 0 Å². The number of carbonyl (C=O) groups excluding carboxylic acids is 4. The summed E-state index contributed by atoms with van der Waals surface area (Å²) in [6, 6.07) is 5.02. The van der Waals surface area contributed by atoms with Crippen LogP contribution in [0.1, 0.15) is 60.0 Å². The third-order valence-corrected chi connectivity index (χ3v) is 7.57. The van der Waals surface area contributed by atoms with Gasteiger partial charge in [-0.25, -0.2) is 0 Å². The lowest BCUT2D eigenvalue weighted by molar-refractivity contribution is -0.139. The fourth-order valence-electron chi connectivity index (χ4n) is 5.70. The van der Waals surface area contributed by atoms with Gasteiger partial charge in [0, 0.05) is 51.3 Å². The molecule has 9 nitrogen and oxygen atoms in total. The Morgan fingerprint density at radius 3 is 2.61 bits per heavy atom. The summed E-state index contributed by atoms with van der Waals surface area (Å²) in [6.07, 6.45) is 4.29. The molecule has 0 spiro atoms. The highest BCUT2D eigenvalue weighted by Crippen LogP contribution is 2.34. The number of piperazine rings is 1. The van der Waals surface area contributed by atoms with Crippen molar-refractivity contribution in [2.45, 2.75) is 63.2 Å². The first-order valence-electron chi connectivity index (χ1n) is 12.0. The number of nitrogens with one attached hydrogen (secondary N) is 3. The van der Waals surface area contributed by atoms with Gasteiger partial charge >= 0.3 is 0 Å². The first kappa shape index (κ1) is 22.0. The minimum Gasteiger partial charge on any atom is -0.339 e. The molecule has 1 aromatic rings. The number of hydrogen-bond acceptors (Lipinski definition) is 6. The summed E-state index contributed by atoms with van der Waals surface area (Å²) in [6.45, 7) is 3.96. The summed E-state index contributed by atoms with van der Waals surface area (Å²) < 4.78 is 0. The third kappa shape index (κ3) is 4.04. The smallest absolute Gasteiger partial charge is 0.255 e. The van der Waals surface area contributed by atoms with Crippen LogP contribution in [0, 0.1) is 0 Å². The average Bonchev–Trinajstić information content (AvgIpc) is 3.44. The second-order valence-corrected chi connectivity index (χ2v) is 9.53. The standard InChI is InChI=1S/C24H31N5O4/c30-20-7-6-19(21(31)27-20)29-15-18-16(4-3-5-17(18)22(29)32)14-26-24(8-1-2-9-24)23(33)28-12-10-25-11-13-28/h3-5,19,25-26H,1-2,6-15H2,(H,27,30,31). The Morgan fingerprint density at radius 1 is 1.12 bits per heavy atom. The first-order valence-corrected chi connectivity index (χ1v) is 12.0. The predicted molar refractivity (Wildman–Crippen MR) is 120 cm³/mol. The quantitative estimate of drug-likeness (QED) is 0.553. The lowest BCUT2D eigenvalue weighted by Gasteiger charge is -2.37. The van der Waals surface area contributed by atoms with Gasteiger partial charge in [0.1, 0.15) is 6.04 Å². The molecule has 3 N–H and O–H groups in total. The maximum absolute atomic E-state index is 13.5. The molecule has 3 heterocycles. The van der Waals surface area contributed by atoms with E-state index in [0.29, 0.717) is 25.1 Å². The van der Waals surface area contributed by atoms with E-state index in [9.17, 15) is 19.2 Å². The maximum atomic E-state index is 13.5. The molecule has 1 atom stereocenters. The number of nitrogens with zero attached hydrogens (tertiary/aromatic N) is 2. The molecule has 2 saturated heterocycles. The Kier molecular flexibility index (Phi) is 5.92. The molecule has 1 saturated carbocycles. The van der Waals surface area contributed by atoms with Crippen molar-refractivity contribution in [1.29, 1.82) is 0 Å². The molecular weight excluding hydrogens is 422 g/mol. The van der Waals surface area contributed by atoms with Gasteiger partial charge in [-0.2, -0.15) is 0 Å². The molecule has 9 heteroatoms. The number of fused-ring (bicyclic) bond motifs is 1. The molecule has 3 aliphatic heterocycles. The highest BCUT2D eigenvalue weighted by molar-refractivity contribution is 6.05. The maximum Gasteiger partial charge on any atom is 0.255 e. The van der Waals surface area contributed by atoms with Crippen molar-refractivity contribution in [3.05, 3.63) is 34.9 Å². The fraction of sp³-hybridized carbons (Fsp3) is 0.583. The van der Waals surface area contributed by atoms with E-state index < -0.39 is 17.5 Å². The van der Waals surface area contributed by atoms with Gasteiger partial charge in [-0.05, 0) is 36.5 Å². The lowest BCUT2D eigenvalue weighted by Crippen LogP contribution is -2.59. The van der Waals surface area contributed by atoms with Crippen LogP contribution in [0.3, 0.4) is 0 Å². The van der Waals surface area contributed by atoms with Gasteiger partial charge in [0.2, 0.25) is 17.7 Å². The Labute approximate surface area is 193 Å². The number of amides is 4. The van der Waals surface area contributed by atoms with Gasteiger partial charge in [-0.1, -0.05) is 25.0 Å². The van der Waals surface area contributed by atoms with Gasteiger partial charge in [0.05, 0.1) is 5.54 Å². The van der Waals surface area contributed by atoms with Crippen LogP contribution in [0.5, 0.6) is 0 Å².